The van der Waals surface area contributed by atoms with Gasteiger partial charge in [0, 0.05) is 5.56 Å². The van der Waals surface area contributed by atoms with Crippen LogP contribution in [0.5, 0.6) is 0 Å². The molecule has 1 amide bonds. The van der Waals surface area contributed by atoms with Crippen LogP contribution < -0.4 is 10.6 Å². The van der Waals surface area contributed by atoms with E-state index in [4.69, 9.17) is 34.1 Å². The smallest absolute Gasteiger partial charge is 0.270 e. The number of aromatic nitrogens is 1. The normalized spacial score (nSPS) is 10.9. The molecule has 0 spiro atoms. The predicted octanol–water partition coefficient (Wildman–Crippen LogP) is 5.32. The Morgan fingerprint density at radius 3 is 2.39 bits per heavy atom. The van der Waals surface area contributed by atoms with Crippen molar-refractivity contribution in [2.45, 2.75) is 26.7 Å². The van der Waals surface area contributed by atoms with Crippen LogP contribution in [0.4, 0.5) is 5.69 Å². The van der Waals surface area contributed by atoms with Crippen LogP contribution >= 0.6 is 23.8 Å². The first-order valence-electron chi connectivity index (χ1n) is 8.76. The molecular weight excluding hydrogens is 394 g/mol. The molecule has 0 fully saturated rings. The van der Waals surface area contributed by atoms with Crippen molar-refractivity contribution < 1.29 is 9.32 Å². The average molecular weight is 414 g/mol. The van der Waals surface area contributed by atoms with Crippen molar-refractivity contribution in [1.82, 2.24) is 5.16 Å². The van der Waals surface area contributed by atoms with Gasteiger partial charge in [0.15, 0.2) is 5.11 Å². The van der Waals surface area contributed by atoms with Gasteiger partial charge in [0.25, 0.3) is 5.91 Å². The van der Waals surface area contributed by atoms with E-state index in [1.807, 2.05) is 30.3 Å². The maximum absolute atomic E-state index is 13.4. The molecule has 0 aliphatic carbocycles. The van der Waals surface area contributed by atoms with Crippen LogP contribution in [0.3, 0.4) is 0 Å². The van der Waals surface area contributed by atoms with E-state index in [1.165, 1.54) is 4.90 Å². The van der Waals surface area contributed by atoms with Crippen LogP contribution in [0.15, 0.2) is 53.1 Å². The highest BCUT2D eigenvalue weighted by Crippen LogP contribution is 2.32. The third kappa shape index (κ3) is 3.79. The van der Waals surface area contributed by atoms with E-state index < -0.39 is 5.91 Å². The van der Waals surface area contributed by atoms with Gasteiger partial charge in [-0.3, -0.25) is 9.69 Å². The lowest BCUT2D eigenvalue weighted by atomic mass is 10.0. The number of nitrogens with two attached hydrogens (primary N) is 1. The van der Waals surface area contributed by atoms with Gasteiger partial charge in [0.1, 0.15) is 17.0 Å². The molecule has 0 saturated carbocycles. The van der Waals surface area contributed by atoms with Crippen molar-refractivity contribution in [2.24, 2.45) is 5.73 Å². The van der Waals surface area contributed by atoms with Crippen LogP contribution in [-0.2, 0) is 0 Å². The number of anilines is 1. The van der Waals surface area contributed by atoms with E-state index in [1.54, 1.807) is 25.1 Å². The molecule has 7 heteroatoms. The standard InChI is InChI=1S/C21H20ClN3O2S/c1-12(2)14-8-10-15(11-9-14)25(21(23)28)20(26)18-13(3)27-24-19(18)16-6-4-5-7-17(16)22/h4-12H,1-3H3,(H2,23,28). The zero-order valence-electron chi connectivity index (χ0n) is 15.8. The molecule has 0 unspecified atom stereocenters. The maximum atomic E-state index is 13.4. The first-order chi connectivity index (χ1) is 13.3. The van der Waals surface area contributed by atoms with Gasteiger partial charge < -0.3 is 10.3 Å². The Labute approximate surface area is 174 Å². The second-order valence-electron chi connectivity index (χ2n) is 6.67. The molecule has 144 valence electrons. The molecule has 0 aliphatic rings. The minimum absolute atomic E-state index is 0.0620. The van der Waals surface area contributed by atoms with E-state index in [-0.39, 0.29) is 10.7 Å². The molecule has 1 heterocycles. The van der Waals surface area contributed by atoms with Gasteiger partial charge in [-0.1, -0.05) is 60.9 Å². The molecule has 2 aromatic carbocycles. The Bertz CT molecular complexity index is 1030. The number of halogens is 1. The highest BCUT2D eigenvalue weighted by Gasteiger charge is 2.29. The number of hydrogen-bond acceptors (Lipinski definition) is 4. The van der Waals surface area contributed by atoms with Crippen molar-refractivity contribution in [3.63, 3.8) is 0 Å². The van der Waals surface area contributed by atoms with E-state index in [0.717, 1.165) is 5.56 Å². The van der Waals surface area contributed by atoms with Crippen LogP contribution in [0, 0.1) is 6.92 Å². The number of carbonyl (C=O) groups excluding carboxylic acids is 1. The lowest BCUT2D eigenvalue weighted by Crippen LogP contribution is -2.41. The van der Waals surface area contributed by atoms with Gasteiger partial charge in [0.2, 0.25) is 0 Å². The molecule has 3 rings (SSSR count). The third-order valence-electron chi connectivity index (χ3n) is 4.45. The van der Waals surface area contributed by atoms with E-state index in [0.29, 0.717) is 33.6 Å². The van der Waals surface area contributed by atoms with Crippen molar-refractivity contribution in [2.75, 3.05) is 4.90 Å². The van der Waals surface area contributed by atoms with E-state index in [9.17, 15) is 4.79 Å². The second-order valence-corrected chi connectivity index (χ2v) is 7.49. The fourth-order valence-electron chi connectivity index (χ4n) is 2.93. The van der Waals surface area contributed by atoms with Gasteiger partial charge >= 0.3 is 0 Å². The SMILES string of the molecule is Cc1onc(-c2ccccc2Cl)c1C(=O)N(C(N)=S)c1ccc(C(C)C)cc1. The molecule has 5 nitrogen and oxygen atoms in total. The Kier molecular flexibility index (Phi) is 5.82. The predicted molar refractivity (Wildman–Crippen MR) is 116 cm³/mol. The Morgan fingerprint density at radius 1 is 1.18 bits per heavy atom. The van der Waals surface area contributed by atoms with Gasteiger partial charge in [-0.15, -0.1) is 0 Å². The first kappa shape index (κ1) is 20.0. The molecule has 28 heavy (non-hydrogen) atoms. The van der Waals surface area contributed by atoms with Crippen molar-refractivity contribution in [3.8, 4) is 11.3 Å². The van der Waals surface area contributed by atoms with Crippen LogP contribution in [0.1, 0.15) is 41.4 Å². The summed E-state index contributed by atoms with van der Waals surface area (Å²) in [6, 6.07) is 14.7. The monoisotopic (exact) mass is 413 g/mol. The number of thiocarbonyl (C=S) groups is 1. The summed E-state index contributed by atoms with van der Waals surface area (Å²) >= 11 is 11.5. The molecule has 0 atom stereocenters. The molecule has 1 aromatic heterocycles. The summed E-state index contributed by atoms with van der Waals surface area (Å²) < 4.78 is 5.30. The lowest BCUT2D eigenvalue weighted by Gasteiger charge is -2.21. The van der Waals surface area contributed by atoms with E-state index >= 15 is 0 Å². The number of nitrogens with zero attached hydrogens (tertiary/aromatic N) is 2. The Morgan fingerprint density at radius 2 is 1.82 bits per heavy atom. The molecule has 0 bridgehead atoms. The van der Waals surface area contributed by atoms with E-state index in [2.05, 4.69) is 19.0 Å². The van der Waals surface area contributed by atoms with Crippen LogP contribution in [0.2, 0.25) is 5.02 Å². The number of hydrogen-bond donors (Lipinski definition) is 1. The summed E-state index contributed by atoms with van der Waals surface area (Å²) in [5.74, 6) is 0.314. The van der Waals surface area contributed by atoms with Crippen molar-refractivity contribution in [3.05, 3.63) is 70.4 Å². The molecule has 0 aliphatic heterocycles. The minimum Gasteiger partial charge on any atom is -0.376 e. The Balaban J connectivity index is 2.08. The van der Waals surface area contributed by atoms with Gasteiger partial charge in [-0.05, 0) is 48.8 Å². The quantitative estimate of drug-likeness (QED) is 0.586. The van der Waals surface area contributed by atoms with Crippen LogP contribution in [0.25, 0.3) is 11.3 Å². The maximum Gasteiger partial charge on any atom is 0.270 e. The highest BCUT2D eigenvalue weighted by atomic mass is 35.5. The number of amides is 1. The first-order valence-corrected chi connectivity index (χ1v) is 9.55. The summed E-state index contributed by atoms with van der Waals surface area (Å²) in [5.41, 5.74) is 8.85. The average Bonchev–Trinajstić information content (AvgIpc) is 3.03. The van der Waals surface area contributed by atoms with Crippen molar-refractivity contribution >= 4 is 40.5 Å². The summed E-state index contributed by atoms with van der Waals surface area (Å²) in [5, 5.41) is 4.45. The lowest BCUT2D eigenvalue weighted by molar-refractivity contribution is 0.100. The molecule has 0 radical (unpaired) electrons. The minimum atomic E-state index is -0.418. The number of rotatable bonds is 4. The van der Waals surface area contributed by atoms with Crippen LogP contribution in [-0.4, -0.2) is 16.2 Å². The zero-order valence-corrected chi connectivity index (χ0v) is 17.3. The van der Waals surface area contributed by atoms with Gasteiger partial charge in [0.05, 0.1) is 10.7 Å². The third-order valence-corrected chi connectivity index (χ3v) is 4.96. The number of carbonyl (C=O) groups is 1. The van der Waals surface area contributed by atoms with Gasteiger partial charge in [-0.25, -0.2) is 0 Å². The topological polar surface area (TPSA) is 72.4 Å². The highest BCUT2D eigenvalue weighted by molar-refractivity contribution is 7.80. The molecule has 2 N–H and O–H groups in total. The molecule has 3 aromatic rings. The Hall–Kier alpha value is -2.70. The summed E-state index contributed by atoms with van der Waals surface area (Å²) in [6.07, 6.45) is 0. The molecule has 0 saturated heterocycles. The summed E-state index contributed by atoms with van der Waals surface area (Å²) in [7, 11) is 0. The number of aryl methyl sites for hydroxylation is 1. The second kappa shape index (κ2) is 8.12. The number of benzene rings is 2. The summed E-state index contributed by atoms with van der Waals surface area (Å²) in [4.78, 5) is 14.7. The summed E-state index contributed by atoms with van der Waals surface area (Å²) in [6.45, 7) is 5.87. The largest absolute Gasteiger partial charge is 0.376 e. The van der Waals surface area contributed by atoms with Crippen molar-refractivity contribution in [1.29, 1.82) is 0 Å². The molecular formula is C21H20ClN3O2S. The zero-order chi connectivity index (χ0) is 20.4. The fraction of sp³-hybridized carbons (Fsp3) is 0.190. The van der Waals surface area contributed by atoms with Gasteiger partial charge in [-0.2, -0.15) is 0 Å². The fourth-order valence-corrected chi connectivity index (χ4v) is 3.34.